The number of aryl methyl sites for hydroxylation is 1. The fourth-order valence-electron chi connectivity index (χ4n) is 3.17. The van der Waals surface area contributed by atoms with Crippen LogP contribution >= 0.6 is 11.3 Å². The summed E-state index contributed by atoms with van der Waals surface area (Å²) < 4.78 is 10.9. The number of anilines is 1. The van der Waals surface area contributed by atoms with E-state index in [0.717, 1.165) is 24.1 Å². The average molecular weight is 408 g/mol. The second-order valence-corrected chi connectivity index (χ2v) is 7.35. The van der Waals surface area contributed by atoms with Crippen molar-refractivity contribution in [3.05, 3.63) is 65.0 Å². The molecule has 0 bridgehead atoms. The van der Waals surface area contributed by atoms with Gasteiger partial charge in [-0.05, 0) is 36.6 Å². The first-order valence-corrected chi connectivity index (χ1v) is 10.3. The third kappa shape index (κ3) is 4.63. The van der Waals surface area contributed by atoms with Crippen LogP contribution in [0.1, 0.15) is 12.0 Å². The monoisotopic (exact) mass is 408 g/mol. The predicted octanol–water partition coefficient (Wildman–Crippen LogP) is 3.71. The van der Waals surface area contributed by atoms with Crippen molar-refractivity contribution in [2.75, 3.05) is 24.7 Å². The van der Waals surface area contributed by atoms with Crippen molar-refractivity contribution in [1.29, 1.82) is 0 Å². The maximum atomic E-state index is 12.4. The first-order chi connectivity index (χ1) is 14.2. The normalized spacial score (nSPS) is 13.0. The molecule has 1 amide bonds. The summed E-state index contributed by atoms with van der Waals surface area (Å²) in [7, 11) is 0. The third-order valence-corrected chi connectivity index (χ3v) is 5.22. The lowest BCUT2D eigenvalue weighted by Gasteiger charge is -2.29. The number of nitrogens with zero attached hydrogens (tertiary/aromatic N) is 2. The molecule has 2 heterocycles. The minimum atomic E-state index is -0.432. The zero-order valence-electron chi connectivity index (χ0n) is 15.7. The molecule has 7 heteroatoms. The molecule has 0 radical (unpaired) electrons. The van der Waals surface area contributed by atoms with Gasteiger partial charge in [0.25, 0.3) is 5.91 Å². The molecule has 0 fully saturated rings. The summed E-state index contributed by atoms with van der Waals surface area (Å²) in [6.45, 7) is 0.0867. The Kier molecular flexibility index (Phi) is 5.86. The molecule has 1 aliphatic heterocycles. The molecule has 0 N–H and O–H groups in total. The van der Waals surface area contributed by atoms with Crippen LogP contribution in [0.15, 0.2) is 59.4 Å². The van der Waals surface area contributed by atoms with Crippen LogP contribution in [-0.2, 0) is 20.7 Å². The molecule has 148 valence electrons. The first kappa shape index (κ1) is 19.1. The van der Waals surface area contributed by atoms with E-state index in [2.05, 4.69) is 4.98 Å². The number of aromatic nitrogens is 1. The highest BCUT2D eigenvalue weighted by Gasteiger charge is 2.28. The van der Waals surface area contributed by atoms with Gasteiger partial charge in [0.2, 0.25) is 0 Å². The van der Waals surface area contributed by atoms with E-state index in [1.807, 2.05) is 47.8 Å². The van der Waals surface area contributed by atoms with Gasteiger partial charge in [0.15, 0.2) is 6.61 Å². The summed E-state index contributed by atoms with van der Waals surface area (Å²) >= 11 is 1.50. The number of esters is 1. The minimum absolute atomic E-state index is 0.0929. The Labute approximate surface area is 172 Å². The lowest BCUT2D eigenvalue weighted by Crippen LogP contribution is -2.42. The number of benzene rings is 2. The van der Waals surface area contributed by atoms with E-state index in [9.17, 15) is 9.59 Å². The Morgan fingerprint density at radius 1 is 1.21 bits per heavy atom. The molecule has 0 saturated carbocycles. The largest absolute Gasteiger partial charge is 0.482 e. The summed E-state index contributed by atoms with van der Waals surface area (Å²) in [5.74, 6) is -0.132. The van der Waals surface area contributed by atoms with Crippen molar-refractivity contribution < 1.29 is 19.1 Å². The average Bonchev–Trinajstić information content (AvgIpc) is 3.29. The molecule has 6 nitrogen and oxygen atoms in total. The number of hydrogen-bond donors (Lipinski definition) is 0. The highest BCUT2D eigenvalue weighted by Crippen LogP contribution is 2.35. The molecule has 0 atom stereocenters. The molecule has 0 aliphatic carbocycles. The quantitative estimate of drug-likeness (QED) is 0.440. The van der Waals surface area contributed by atoms with Crippen LogP contribution in [0.3, 0.4) is 0 Å². The molecule has 2 aromatic carbocycles. The van der Waals surface area contributed by atoms with Crippen molar-refractivity contribution in [3.63, 3.8) is 0 Å². The number of hydrogen-bond acceptors (Lipinski definition) is 6. The SMILES string of the molecule is O=C(CN1C(=O)COc2ccc(-c3cscn3)cc21)OCCCc1ccccc1. The molecule has 0 unspecified atom stereocenters. The zero-order chi connectivity index (χ0) is 20.1. The molecule has 4 rings (SSSR count). The Balaban J connectivity index is 1.38. The van der Waals surface area contributed by atoms with E-state index in [1.54, 1.807) is 11.6 Å². The lowest BCUT2D eigenvalue weighted by molar-refractivity contribution is -0.143. The van der Waals surface area contributed by atoms with Gasteiger partial charge in [0, 0.05) is 10.9 Å². The van der Waals surface area contributed by atoms with E-state index in [-0.39, 0.29) is 19.1 Å². The zero-order valence-corrected chi connectivity index (χ0v) is 16.6. The Bertz CT molecular complexity index is 989. The van der Waals surface area contributed by atoms with Crippen molar-refractivity contribution in [2.24, 2.45) is 0 Å². The van der Waals surface area contributed by atoms with Gasteiger partial charge in [-0.25, -0.2) is 4.98 Å². The Hall–Kier alpha value is -3.19. The van der Waals surface area contributed by atoms with Gasteiger partial charge in [0.1, 0.15) is 12.3 Å². The standard InChI is InChI=1S/C22H20N2O4S/c25-21-13-28-20-9-8-17(18-14-29-15-23-18)11-19(20)24(21)12-22(26)27-10-4-7-16-5-2-1-3-6-16/h1-3,5-6,8-9,11,14-15H,4,7,10,12-13H2. The summed E-state index contributed by atoms with van der Waals surface area (Å²) in [5.41, 5.74) is 5.20. The van der Waals surface area contributed by atoms with Crippen LogP contribution in [0.4, 0.5) is 5.69 Å². The molecule has 29 heavy (non-hydrogen) atoms. The van der Waals surface area contributed by atoms with E-state index in [1.165, 1.54) is 21.8 Å². The number of rotatable bonds is 7. The minimum Gasteiger partial charge on any atom is -0.482 e. The highest BCUT2D eigenvalue weighted by molar-refractivity contribution is 7.07. The van der Waals surface area contributed by atoms with E-state index in [0.29, 0.717) is 18.0 Å². The van der Waals surface area contributed by atoms with Crippen molar-refractivity contribution in [3.8, 4) is 17.0 Å². The molecule has 1 aliphatic rings. The number of thiazole rings is 1. The summed E-state index contributed by atoms with van der Waals surface area (Å²) in [5, 5.41) is 1.93. The first-order valence-electron chi connectivity index (χ1n) is 9.36. The topological polar surface area (TPSA) is 68.7 Å². The summed E-state index contributed by atoms with van der Waals surface area (Å²) in [6, 6.07) is 15.6. The van der Waals surface area contributed by atoms with Crippen molar-refractivity contribution >= 4 is 28.9 Å². The molecular weight excluding hydrogens is 388 g/mol. The fraction of sp³-hybridized carbons (Fsp3) is 0.227. The van der Waals surface area contributed by atoms with Crippen LogP contribution in [0.2, 0.25) is 0 Å². The number of fused-ring (bicyclic) bond motifs is 1. The lowest BCUT2D eigenvalue weighted by atomic mass is 10.1. The van der Waals surface area contributed by atoms with Gasteiger partial charge in [0.05, 0.1) is 23.5 Å². The van der Waals surface area contributed by atoms with Crippen molar-refractivity contribution in [1.82, 2.24) is 4.98 Å². The number of carbonyl (C=O) groups is 2. The smallest absolute Gasteiger partial charge is 0.326 e. The fourth-order valence-corrected chi connectivity index (χ4v) is 3.73. The number of ether oxygens (including phenoxy) is 2. The van der Waals surface area contributed by atoms with Crippen LogP contribution in [0.25, 0.3) is 11.3 Å². The maximum absolute atomic E-state index is 12.4. The van der Waals surface area contributed by atoms with Crippen molar-refractivity contribution in [2.45, 2.75) is 12.8 Å². The summed E-state index contributed by atoms with van der Waals surface area (Å²) in [4.78, 5) is 30.4. The van der Waals surface area contributed by atoms with Gasteiger partial charge < -0.3 is 9.47 Å². The second kappa shape index (κ2) is 8.87. The van der Waals surface area contributed by atoms with Crippen LogP contribution in [-0.4, -0.2) is 36.6 Å². The van der Waals surface area contributed by atoms with Crippen LogP contribution < -0.4 is 9.64 Å². The maximum Gasteiger partial charge on any atom is 0.326 e. The molecule has 3 aromatic rings. The highest BCUT2D eigenvalue weighted by atomic mass is 32.1. The number of amides is 1. The Morgan fingerprint density at radius 2 is 2.07 bits per heavy atom. The third-order valence-electron chi connectivity index (χ3n) is 4.63. The molecule has 0 spiro atoms. The number of carbonyl (C=O) groups excluding carboxylic acids is 2. The molecule has 1 aromatic heterocycles. The van der Waals surface area contributed by atoms with Gasteiger partial charge in [-0.2, -0.15) is 0 Å². The van der Waals surface area contributed by atoms with E-state index in [4.69, 9.17) is 9.47 Å². The van der Waals surface area contributed by atoms with E-state index >= 15 is 0 Å². The van der Waals surface area contributed by atoms with Crippen LogP contribution in [0.5, 0.6) is 5.75 Å². The summed E-state index contributed by atoms with van der Waals surface area (Å²) in [6.07, 6.45) is 1.57. The second-order valence-electron chi connectivity index (χ2n) is 6.63. The van der Waals surface area contributed by atoms with Crippen LogP contribution in [0, 0.1) is 0 Å². The molecule has 0 saturated heterocycles. The van der Waals surface area contributed by atoms with Gasteiger partial charge >= 0.3 is 5.97 Å². The molecular formula is C22H20N2O4S. The van der Waals surface area contributed by atoms with Gasteiger partial charge in [-0.1, -0.05) is 30.3 Å². The van der Waals surface area contributed by atoms with Gasteiger partial charge in [-0.3, -0.25) is 14.5 Å². The Morgan fingerprint density at radius 3 is 2.86 bits per heavy atom. The predicted molar refractivity (Wildman–Crippen MR) is 111 cm³/mol. The van der Waals surface area contributed by atoms with Gasteiger partial charge in [-0.15, -0.1) is 11.3 Å². The van der Waals surface area contributed by atoms with E-state index < -0.39 is 5.97 Å².